The first-order valence-corrected chi connectivity index (χ1v) is 8.74. The number of nitrogens with two attached hydrogens (primary N) is 2. The summed E-state index contributed by atoms with van der Waals surface area (Å²) >= 11 is 0. The lowest BCUT2D eigenvalue weighted by molar-refractivity contribution is -0.140. The first-order chi connectivity index (χ1) is 11.0. The van der Waals surface area contributed by atoms with Gasteiger partial charge in [0.25, 0.3) is 0 Å². The number of carbonyl (C=O) groups excluding carboxylic acids is 2. The monoisotopic (exact) mass is 368 g/mol. The molecule has 0 amide bonds. The molecule has 0 spiro atoms. The van der Waals surface area contributed by atoms with Gasteiger partial charge in [0.2, 0.25) is 0 Å². The zero-order chi connectivity index (χ0) is 18.9. The van der Waals surface area contributed by atoms with Crippen molar-refractivity contribution in [1.82, 2.24) is 0 Å². The van der Waals surface area contributed by atoms with Gasteiger partial charge in [-0.1, -0.05) is 6.92 Å². The molecule has 0 fully saturated rings. The molecule has 0 aromatic carbocycles. The van der Waals surface area contributed by atoms with E-state index in [9.17, 15) is 23.7 Å². The Balaban J connectivity index is 4.49. The number of hydrogen-bond acceptors (Lipinski definition) is 9. The summed E-state index contributed by atoms with van der Waals surface area (Å²) in [7, 11) is -4.06. The van der Waals surface area contributed by atoms with Crippen LogP contribution in [0, 0.1) is 0 Å². The van der Waals surface area contributed by atoms with Gasteiger partial charge in [-0.2, -0.15) is 0 Å². The zero-order valence-electron chi connectivity index (χ0n) is 13.0. The molecular formula is C12H21N2O9P. The quantitative estimate of drug-likeness (QED) is 0.348. The van der Waals surface area contributed by atoms with Crippen molar-refractivity contribution in [3.8, 4) is 0 Å². The summed E-state index contributed by atoms with van der Waals surface area (Å²) < 4.78 is 21.4. The molecule has 0 rings (SSSR count). The Morgan fingerprint density at radius 3 is 1.50 bits per heavy atom. The zero-order valence-corrected chi connectivity index (χ0v) is 13.9. The van der Waals surface area contributed by atoms with Crippen LogP contribution in [0.1, 0.15) is 32.6 Å². The second-order valence-electron chi connectivity index (χ2n) is 4.82. The molecule has 0 saturated heterocycles. The summed E-state index contributed by atoms with van der Waals surface area (Å²) in [6, 6.07) is -2.56. The molecule has 0 unspecified atom stereocenters. The highest BCUT2D eigenvalue weighted by Gasteiger charge is 2.31. The summed E-state index contributed by atoms with van der Waals surface area (Å²) in [5.41, 5.74) is 10.4. The maximum Gasteiger partial charge on any atom is 0.434 e. The van der Waals surface area contributed by atoms with Crippen LogP contribution in [0.3, 0.4) is 0 Å². The third-order valence-electron chi connectivity index (χ3n) is 2.82. The number of carboxylic acids is 2. The molecule has 12 heteroatoms. The van der Waals surface area contributed by atoms with E-state index in [2.05, 4.69) is 9.05 Å². The highest BCUT2D eigenvalue weighted by molar-refractivity contribution is 7.54. The maximum absolute atomic E-state index is 12.2. The Hall–Kier alpha value is -1.97. The third-order valence-corrected chi connectivity index (χ3v) is 4.56. The van der Waals surface area contributed by atoms with Gasteiger partial charge in [-0.25, -0.2) is 4.57 Å². The van der Waals surface area contributed by atoms with Gasteiger partial charge in [0, 0.05) is 12.8 Å². The summed E-state index contributed by atoms with van der Waals surface area (Å²) in [6.07, 6.45) is -1.60. The van der Waals surface area contributed by atoms with Gasteiger partial charge in [0.15, 0.2) is 0 Å². The van der Waals surface area contributed by atoms with E-state index in [0.717, 1.165) is 0 Å². The minimum Gasteiger partial charge on any atom is -0.480 e. The fourth-order valence-electron chi connectivity index (χ4n) is 1.34. The lowest BCUT2D eigenvalue weighted by atomic mass is 10.2. The molecule has 24 heavy (non-hydrogen) atoms. The lowest BCUT2D eigenvalue weighted by Gasteiger charge is -2.17. The lowest BCUT2D eigenvalue weighted by Crippen LogP contribution is -2.31. The van der Waals surface area contributed by atoms with E-state index >= 15 is 0 Å². The molecule has 0 saturated carbocycles. The fourth-order valence-corrected chi connectivity index (χ4v) is 2.44. The Kier molecular flexibility index (Phi) is 9.19. The van der Waals surface area contributed by atoms with E-state index in [1.807, 2.05) is 0 Å². The predicted octanol–water partition coefficient (Wildman–Crippen LogP) is -0.330. The summed E-state index contributed by atoms with van der Waals surface area (Å²) in [5, 5.41) is 17.2. The van der Waals surface area contributed by atoms with Crippen LogP contribution in [-0.4, -0.2) is 52.3 Å². The van der Waals surface area contributed by atoms with Gasteiger partial charge in [0.1, 0.15) is 12.1 Å². The molecule has 0 aromatic rings. The topological polar surface area (TPSA) is 196 Å². The Morgan fingerprint density at radius 2 is 1.25 bits per heavy atom. The maximum atomic E-state index is 12.2. The second kappa shape index (κ2) is 10.0. The normalized spacial score (nSPS) is 13.6. The second-order valence-corrected chi connectivity index (χ2v) is 7.04. The molecule has 2 atom stereocenters. The first-order valence-electron chi connectivity index (χ1n) is 7.01. The molecule has 0 aliphatic carbocycles. The fraction of sp³-hybridized carbons (Fsp3) is 0.667. The van der Waals surface area contributed by atoms with Gasteiger partial charge >= 0.3 is 31.5 Å². The van der Waals surface area contributed by atoms with E-state index in [-0.39, 0.29) is 19.0 Å². The number of carbonyl (C=O) groups is 4. The van der Waals surface area contributed by atoms with Crippen LogP contribution in [-0.2, 0) is 32.8 Å². The van der Waals surface area contributed by atoms with Crippen molar-refractivity contribution in [2.24, 2.45) is 11.5 Å². The Morgan fingerprint density at radius 1 is 0.917 bits per heavy atom. The molecular weight excluding hydrogens is 347 g/mol. The van der Waals surface area contributed by atoms with Gasteiger partial charge in [0.05, 0.1) is 6.16 Å². The van der Waals surface area contributed by atoms with Crippen LogP contribution >= 0.6 is 7.60 Å². The van der Waals surface area contributed by atoms with E-state index in [1.54, 1.807) is 0 Å². The van der Waals surface area contributed by atoms with Crippen LogP contribution in [0.5, 0.6) is 0 Å². The van der Waals surface area contributed by atoms with Crippen molar-refractivity contribution in [3.05, 3.63) is 0 Å². The predicted molar refractivity (Wildman–Crippen MR) is 80.0 cm³/mol. The molecule has 11 nitrogen and oxygen atoms in total. The van der Waals surface area contributed by atoms with Gasteiger partial charge in [-0.15, -0.1) is 0 Å². The van der Waals surface area contributed by atoms with E-state index < -0.39 is 56.4 Å². The van der Waals surface area contributed by atoms with Gasteiger partial charge < -0.3 is 30.7 Å². The van der Waals surface area contributed by atoms with Crippen LogP contribution in [0.25, 0.3) is 0 Å². The summed E-state index contributed by atoms with van der Waals surface area (Å²) in [5.74, 6) is -4.65. The highest BCUT2D eigenvalue weighted by atomic mass is 31.2. The molecule has 6 N–H and O–H groups in total. The average molecular weight is 368 g/mol. The van der Waals surface area contributed by atoms with E-state index in [4.69, 9.17) is 21.7 Å². The molecule has 0 aromatic heterocycles. The Labute approximate surface area is 137 Å². The largest absolute Gasteiger partial charge is 0.480 e. The van der Waals surface area contributed by atoms with Crippen molar-refractivity contribution in [2.45, 2.75) is 44.7 Å². The van der Waals surface area contributed by atoms with Crippen molar-refractivity contribution in [1.29, 1.82) is 0 Å². The number of hydrogen-bond donors (Lipinski definition) is 4. The average Bonchev–Trinajstić information content (AvgIpc) is 2.49. The van der Waals surface area contributed by atoms with Crippen LogP contribution in [0.4, 0.5) is 0 Å². The van der Waals surface area contributed by atoms with E-state index in [0.29, 0.717) is 0 Å². The first kappa shape index (κ1) is 22.0. The molecule has 0 bridgehead atoms. The van der Waals surface area contributed by atoms with Crippen molar-refractivity contribution >= 4 is 31.5 Å². The summed E-state index contributed by atoms with van der Waals surface area (Å²) in [6.45, 7) is 1.35. The number of aliphatic carboxylic acids is 2. The highest BCUT2D eigenvalue weighted by Crippen LogP contribution is 2.48. The van der Waals surface area contributed by atoms with Crippen LogP contribution in [0.15, 0.2) is 0 Å². The number of carboxylic acid groups (broad SMARTS) is 2. The molecule has 138 valence electrons. The third kappa shape index (κ3) is 8.61. The molecule has 0 aliphatic heterocycles. The van der Waals surface area contributed by atoms with Crippen molar-refractivity contribution < 1.29 is 43.0 Å². The van der Waals surface area contributed by atoms with Crippen molar-refractivity contribution in [3.63, 3.8) is 0 Å². The van der Waals surface area contributed by atoms with Crippen LogP contribution < -0.4 is 11.5 Å². The van der Waals surface area contributed by atoms with Crippen LogP contribution in [0.2, 0.25) is 0 Å². The minimum atomic E-state index is -4.06. The van der Waals surface area contributed by atoms with Crippen molar-refractivity contribution in [2.75, 3.05) is 6.16 Å². The standard InChI is InChI=1S/C12H21N2O9P/c1-2-24(21,22-9(15)5-3-7(13)11(17)18)23-10(16)6-4-8(14)12(19)20/h7-8H,2-6,13-14H2,1H3,(H,17,18)(H,19,20)/t7-,8-/m0/s1. The minimum absolute atomic E-state index is 0.237. The van der Waals surface area contributed by atoms with E-state index in [1.165, 1.54) is 6.92 Å². The molecule has 0 aliphatic rings. The molecule has 0 heterocycles. The number of rotatable bonds is 11. The van der Waals surface area contributed by atoms with Gasteiger partial charge in [-0.05, 0) is 12.8 Å². The summed E-state index contributed by atoms with van der Waals surface area (Å²) in [4.78, 5) is 44.1. The molecule has 0 radical (unpaired) electrons. The SMILES string of the molecule is CCP(=O)(OC(=O)CC[C@H](N)C(=O)O)OC(=O)CC[C@H](N)C(=O)O. The smallest absolute Gasteiger partial charge is 0.434 e. The van der Waals surface area contributed by atoms with Gasteiger partial charge in [-0.3, -0.25) is 19.2 Å². The Bertz CT molecular complexity index is 495.